The number of ether oxygens (including phenoxy) is 4. The lowest BCUT2D eigenvalue weighted by Gasteiger charge is -2.24. The monoisotopic (exact) mass is 604 g/mol. The third-order valence-electron chi connectivity index (χ3n) is 7.01. The van der Waals surface area contributed by atoms with Gasteiger partial charge in [0.05, 0.1) is 30.5 Å². The average molecular weight is 605 g/mol. The van der Waals surface area contributed by atoms with Crippen molar-refractivity contribution in [1.29, 1.82) is 0 Å². The predicted octanol–water partition coefficient (Wildman–Crippen LogP) is 5.54. The van der Waals surface area contributed by atoms with E-state index in [2.05, 4.69) is 11.6 Å². The topological polar surface area (TPSA) is 124 Å². The summed E-state index contributed by atoms with van der Waals surface area (Å²) in [6.45, 7) is 11.5. The van der Waals surface area contributed by atoms with Gasteiger partial charge in [0.1, 0.15) is 29.1 Å². The van der Waals surface area contributed by atoms with Gasteiger partial charge < -0.3 is 24.1 Å². The molecule has 0 bridgehead atoms. The maximum Gasteiger partial charge on any atom is 0.350 e. The second-order valence-corrected chi connectivity index (χ2v) is 11.0. The van der Waals surface area contributed by atoms with Crippen LogP contribution in [0.25, 0.3) is 5.76 Å². The van der Waals surface area contributed by atoms with Crippen molar-refractivity contribution < 1.29 is 38.4 Å². The first-order valence-corrected chi connectivity index (χ1v) is 14.8. The summed E-state index contributed by atoms with van der Waals surface area (Å²) < 4.78 is 22.5. The molecule has 2 atom stereocenters. The Kier molecular flexibility index (Phi) is 8.54. The lowest BCUT2D eigenvalue weighted by atomic mass is 9.94. The molecule has 0 radical (unpaired) electrons. The van der Waals surface area contributed by atoms with Gasteiger partial charge in [0.15, 0.2) is 16.6 Å². The molecular weight excluding hydrogens is 572 g/mol. The molecule has 1 aromatic heterocycles. The van der Waals surface area contributed by atoms with Crippen molar-refractivity contribution in [2.45, 2.75) is 46.3 Å². The number of Topliss-reactive ketones (excluding diaryl/α,β-unsaturated/α-hetero) is 1. The van der Waals surface area contributed by atoms with Crippen molar-refractivity contribution in [2.24, 2.45) is 0 Å². The van der Waals surface area contributed by atoms with Gasteiger partial charge in [0.25, 0.3) is 5.78 Å². The highest BCUT2D eigenvalue weighted by atomic mass is 32.1. The number of aryl methyl sites for hydroxylation is 1. The van der Waals surface area contributed by atoms with Gasteiger partial charge in [-0.05, 0) is 69.2 Å². The van der Waals surface area contributed by atoms with Crippen molar-refractivity contribution in [3.05, 3.63) is 81.9 Å². The molecule has 2 aromatic carbocycles. The summed E-state index contributed by atoms with van der Waals surface area (Å²) >= 11 is 0.943. The number of aliphatic hydroxyl groups is 1. The Hall–Kier alpha value is -4.64. The fourth-order valence-corrected chi connectivity index (χ4v) is 6.16. The number of fused-ring (bicyclic) bond motifs is 1. The molecule has 10 nitrogen and oxygen atoms in total. The largest absolute Gasteiger partial charge is 0.507 e. The van der Waals surface area contributed by atoms with Gasteiger partial charge >= 0.3 is 11.9 Å². The van der Waals surface area contributed by atoms with Crippen LogP contribution in [0.3, 0.4) is 0 Å². The number of carbonyl (C=O) groups is 3. The zero-order chi connectivity index (χ0) is 30.8. The molecule has 1 N–H and O–H groups in total. The van der Waals surface area contributed by atoms with Gasteiger partial charge in [-0.3, -0.25) is 14.5 Å². The van der Waals surface area contributed by atoms with Crippen LogP contribution in [0.2, 0.25) is 0 Å². The van der Waals surface area contributed by atoms with E-state index in [1.54, 1.807) is 56.3 Å². The van der Waals surface area contributed by atoms with Crippen molar-refractivity contribution in [1.82, 2.24) is 4.98 Å². The average Bonchev–Trinajstić information content (AvgIpc) is 3.63. The van der Waals surface area contributed by atoms with E-state index in [9.17, 15) is 19.5 Å². The number of rotatable bonds is 10. The van der Waals surface area contributed by atoms with Gasteiger partial charge in [0.2, 0.25) is 0 Å². The number of hydrogen-bond acceptors (Lipinski definition) is 10. The second kappa shape index (κ2) is 12.3. The molecular formula is C32H32N2O8S. The van der Waals surface area contributed by atoms with Gasteiger partial charge in [-0.25, -0.2) is 9.78 Å². The first-order valence-electron chi connectivity index (χ1n) is 13.9. The molecule has 0 unspecified atom stereocenters. The Morgan fingerprint density at radius 3 is 2.67 bits per heavy atom. The van der Waals surface area contributed by atoms with Crippen LogP contribution in [0.15, 0.2) is 54.6 Å². The quantitative estimate of drug-likeness (QED) is 0.104. The number of aliphatic hydroxyl groups excluding tert-OH is 1. The minimum atomic E-state index is -1.09. The van der Waals surface area contributed by atoms with E-state index in [0.29, 0.717) is 47.1 Å². The molecule has 1 fully saturated rings. The highest BCUT2D eigenvalue weighted by Gasteiger charge is 2.49. The van der Waals surface area contributed by atoms with E-state index in [1.807, 2.05) is 13.8 Å². The smallest absolute Gasteiger partial charge is 0.350 e. The number of nitrogens with zero attached hydrogens (tertiary/aromatic N) is 2. The number of hydrogen-bond donors (Lipinski definition) is 1. The zero-order valence-corrected chi connectivity index (χ0v) is 25.2. The SMILES string of the molecule is C=CCOc1ccc([C@@H]2C(=C(O)c3ccc4c(c3)C[C@@H](C)O4)C(=O)C(=O)N2c2nc(C)c(C(=O)OCC)s2)cc1OCC. The normalized spacial score (nSPS) is 18.7. The molecule has 224 valence electrons. The number of esters is 1. The number of carbonyl (C=O) groups excluding carboxylic acids is 3. The van der Waals surface area contributed by atoms with Crippen LogP contribution in [-0.2, 0) is 20.7 Å². The molecule has 3 aromatic rings. The standard InChI is InChI=1S/C32H32N2O8S/c1-6-13-41-23-12-9-19(16-24(23)39-7-2)26-25(27(35)20-10-11-22-21(15-20)14-17(4)42-22)28(36)30(37)34(26)32-33-18(5)29(43-32)31(38)40-8-3/h6,9-12,15-17,26,35H,1,7-8,13-14H2,2-5H3/t17-,26-/m1/s1. The highest BCUT2D eigenvalue weighted by Crippen LogP contribution is 2.46. The molecule has 2 aliphatic heterocycles. The summed E-state index contributed by atoms with van der Waals surface area (Å²) in [5.41, 5.74) is 1.97. The lowest BCUT2D eigenvalue weighted by molar-refractivity contribution is -0.132. The summed E-state index contributed by atoms with van der Waals surface area (Å²) in [4.78, 5) is 45.9. The summed E-state index contributed by atoms with van der Waals surface area (Å²) in [6, 6.07) is 9.12. The first kappa shape index (κ1) is 29.8. The van der Waals surface area contributed by atoms with Crippen molar-refractivity contribution in [3.63, 3.8) is 0 Å². The Labute approximate surface area is 253 Å². The van der Waals surface area contributed by atoms with Gasteiger partial charge in [0, 0.05) is 12.0 Å². The Bertz CT molecular complexity index is 1640. The Balaban J connectivity index is 1.69. The second-order valence-electron chi connectivity index (χ2n) is 9.99. The summed E-state index contributed by atoms with van der Waals surface area (Å²) in [5, 5.41) is 11.8. The van der Waals surface area contributed by atoms with Crippen LogP contribution < -0.4 is 19.1 Å². The Morgan fingerprint density at radius 1 is 1.16 bits per heavy atom. The minimum absolute atomic E-state index is 0.0153. The van der Waals surface area contributed by atoms with Crippen LogP contribution in [0.4, 0.5) is 5.13 Å². The van der Waals surface area contributed by atoms with Gasteiger partial charge in [-0.1, -0.05) is 30.1 Å². The number of ketones is 1. The van der Waals surface area contributed by atoms with E-state index in [4.69, 9.17) is 18.9 Å². The molecule has 3 heterocycles. The van der Waals surface area contributed by atoms with E-state index >= 15 is 0 Å². The fourth-order valence-electron chi connectivity index (χ4n) is 5.17. The highest BCUT2D eigenvalue weighted by molar-refractivity contribution is 7.17. The summed E-state index contributed by atoms with van der Waals surface area (Å²) in [6.07, 6.45) is 2.23. The molecule has 43 heavy (non-hydrogen) atoms. The fraction of sp³-hybridized carbons (Fsp3) is 0.312. The summed E-state index contributed by atoms with van der Waals surface area (Å²) in [5.74, 6) is -1.14. The summed E-state index contributed by atoms with van der Waals surface area (Å²) in [7, 11) is 0. The lowest BCUT2D eigenvalue weighted by Crippen LogP contribution is -2.29. The maximum absolute atomic E-state index is 13.7. The zero-order valence-electron chi connectivity index (χ0n) is 24.3. The molecule has 0 spiro atoms. The van der Waals surface area contributed by atoms with E-state index < -0.39 is 23.7 Å². The molecule has 11 heteroatoms. The molecule has 0 aliphatic carbocycles. The van der Waals surface area contributed by atoms with Crippen LogP contribution in [0.1, 0.15) is 58.9 Å². The van der Waals surface area contributed by atoms with E-state index in [0.717, 1.165) is 16.9 Å². The molecule has 5 rings (SSSR count). The first-order chi connectivity index (χ1) is 20.7. The molecule has 1 amide bonds. The van der Waals surface area contributed by atoms with Gasteiger partial charge in [-0.2, -0.15) is 0 Å². The van der Waals surface area contributed by atoms with Crippen LogP contribution in [0.5, 0.6) is 17.2 Å². The van der Waals surface area contributed by atoms with E-state index in [-0.39, 0.29) is 40.7 Å². The van der Waals surface area contributed by atoms with Crippen LogP contribution in [-0.4, -0.2) is 53.7 Å². The van der Waals surface area contributed by atoms with Crippen molar-refractivity contribution in [3.8, 4) is 17.2 Å². The minimum Gasteiger partial charge on any atom is -0.507 e. The predicted molar refractivity (Wildman–Crippen MR) is 161 cm³/mol. The molecule has 1 saturated heterocycles. The third-order valence-corrected chi connectivity index (χ3v) is 8.14. The van der Waals surface area contributed by atoms with Crippen LogP contribution >= 0.6 is 11.3 Å². The maximum atomic E-state index is 13.7. The molecule has 2 aliphatic rings. The number of anilines is 1. The van der Waals surface area contributed by atoms with Gasteiger partial charge in [-0.15, -0.1) is 0 Å². The Morgan fingerprint density at radius 2 is 1.95 bits per heavy atom. The number of aromatic nitrogens is 1. The number of benzene rings is 2. The van der Waals surface area contributed by atoms with Crippen LogP contribution in [0, 0.1) is 6.92 Å². The molecule has 0 saturated carbocycles. The van der Waals surface area contributed by atoms with E-state index in [1.165, 1.54) is 4.90 Å². The van der Waals surface area contributed by atoms with Crippen molar-refractivity contribution >= 4 is 39.9 Å². The third kappa shape index (κ3) is 5.60. The number of amides is 1. The van der Waals surface area contributed by atoms with Crippen molar-refractivity contribution in [2.75, 3.05) is 24.7 Å². The number of thiazole rings is 1.